The molecule has 0 bridgehead atoms. The van der Waals surface area contributed by atoms with Gasteiger partial charge in [0, 0.05) is 25.4 Å². The van der Waals surface area contributed by atoms with Crippen molar-refractivity contribution in [1.82, 2.24) is 10.2 Å². The summed E-state index contributed by atoms with van der Waals surface area (Å²) in [5, 5.41) is 12.0. The van der Waals surface area contributed by atoms with Gasteiger partial charge in [-0.3, -0.25) is 0 Å². The quantitative estimate of drug-likeness (QED) is 0.893. The summed E-state index contributed by atoms with van der Waals surface area (Å²) < 4.78 is 0. The highest BCUT2D eigenvalue weighted by Gasteiger charge is 2.15. The third kappa shape index (κ3) is 4.67. The van der Waals surface area contributed by atoms with E-state index in [1.165, 1.54) is 0 Å². The molecule has 0 aliphatic carbocycles. The van der Waals surface area contributed by atoms with E-state index in [2.05, 4.69) is 5.32 Å². The van der Waals surface area contributed by atoms with Gasteiger partial charge in [-0.05, 0) is 30.2 Å². The van der Waals surface area contributed by atoms with E-state index in [0.29, 0.717) is 18.5 Å². The Bertz CT molecular complexity index is 499. The summed E-state index contributed by atoms with van der Waals surface area (Å²) in [6, 6.07) is 6.85. The molecule has 1 saturated heterocycles. The smallest absolute Gasteiger partial charge is 0.335 e. The zero-order valence-corrected chi connectivity index (χ0v) is 12.7. The molecule has 1 aliphatic rings. The molecular formula is C15H20N2O3S. The molecule has 0 unspecified atom stereocenters. The maximum absolute atomic E-state index is 12.0. The first-order valence-corrected chi connectivity index (χ1v) is 8.25. The summed E-state index contributed by atoms with van der Waals surface area (Å²) in [5.74, 6) is 1.16. The Labute approximate surface area is 128 Å². The molecule has 0 spiro atoms. The maximum atomic E-state index is 12.0. The summed E-state index contributed by atoms with van der Waals surface area (Å²) >= 11 is 1.88. The second kappa shape index (κ2) is 7.93. The minimum absolute atomic E-state index is 0.0506. The second-order valence-electron chi connectivity index (χ2n) is 4.90. The summed E-state index contributed by atoms with van der Waals surface area (Å²) in [6.07, 6.45) is 1.55. The highest BCUT2D eigenvalue weighted by Crippen LogP contribution is 2.11. The number of amides is 2. The number of carboxylic acids is 1. The zero-order chi connectivity index (χ0) is 15.1. The van der Waals surface area contributed by atoms with E-state index in [1.807, 2.05) is 22.7 Å². The van der Waals surface area contributed by atoms with Crippen molar-refractivity contribution in [2.45, 2.75) is 12.8 Å². The first-order valence-electron chi connectivity index (χ1n) is 7.10. The van der Waals surface area contributed by atoms with Gasteiger partial charge >= 0.3 is 12.0 Å². The van der Waals surface area contributed by atoms with Crippen LogP contribution in [0.3, 0.4) is 0 Å². The van der Waals surface area contributed by atoms with Crippen LogP contribution in [-0.4, -0.2) is 53.1 Å². The van der Waals surface area contributed by atoms with Crippen molar-refractivity contribution in [3.05, 3.63) is 35.4 Å². The van der Waals surface area contributed by atoms with Crippen LogP contribution in [0, 0.1) is 0 Å². The summed E-state index contributed by atoms with van der Waals surface area (Å²) in [7, 11) is 0. The van der Waals surface area contributed by atoms with E-state index in [4.69, 9.17) is 5.11 Å². The van der Waals surface area contributed by atoms with E-state index in [1.54, 1.807) is 18.2 Å². The Morgan fingerprint density at radius 1 is 1.24 bits per heavy atom. The van der Waals surface area contributed by atoms with E-state index >= 15 is 0 Å². The maximum Gasteiger partial charge on any atom is 0.335 e. The number of benzene rings is 1. The molecule has 1 heterocycles. The number of aromatic carboxylic acids is 1. The van der Waals surface area contributed by atoms with Gasteiger partial charge in [0.05, 0.1) is 5.56 Å². The molecule has 1 aliphatic heterocycles. The van der Waals surface area contributed by atoms with Gasteiger partial charge in [-0.15, -0.1) is 0 Å². The van der Waals surface area contributed by atoms with E-state index < -0.39 is 5.97 Å². The van der Waals surface area contributed by atoms with Gasteiger partial charge in [0.25, 0.3) is 0 Å². The van der Waals surface area contributed by atoms with Crippen LogP contribution in [0.2, 0.25) is 0 Å². The van der Waals surface area contributed by atoms with Crippen LogP contribution in [0.25, 0.3) is 0 Å². The molecule has 21 heavy (non-hydrogen) atoms. The molecule has 1 fully saturated rings. The van der Waals surface area contributed by atoms with Crippen molar-refractivity contribution in [3.63, 3.8) is 0 Å². The predicted octanol–water partition coefficient (Wildman–Crippen LogP) is 2.08. The van der Waals surface area contributed by atoms with Gasteiger partial charge in [-0.2, -0.15) is 11.8 Å². The number of nitrogens with zero attached hydrogens (tertiary/aromatic N) is 1. The molecule has 0 radical (unpaired) electrons. The average Bonchev–Trinajstić information content (AvgIpc) is 2.76. The number of urea groups is 1. The van der Waals surface area contributed by atoms with Crippen LogP contribution in [-0.2, 0) is 6.42 Å². The van der Waals surface area contributed by atoms with Crippen molar-refractivity contribution >= 4 is 23.8 Å². The first-order chi connectivity index (χ1) is 10.2. The number of thioether (sulfide) groups is 1. The lowest BCUT2D eigenvalue weighted by molar-refractivity contribution is 0.0695. The van der Waals surface area contributed by atoms with Crippen LogP contribution in [0.5, 0.6) is 0 Å². The standard InChI is InChI=1S/C15H20N2O3S/c18-14(19)13-5-2-1-4-12(13)6-7-16-15(20)17-8-3-10-21-11-9-17/h1-2,4-5H,3,6-11H2,(H,16,20)(H,18,19). The normalized spacial score (nSPS) is 15.3. The molecular weight excluding hydrogens is 288 g/mol. The van der Waals surface area contributed by atoms with Crippen molar-refractivity contribution in [2.24, 2.45) is 0 Å². The fourth-order valence-corrected chi connectivity index (χ4v) is 3.20. The Kier molecular flexibility index (Phi) is 5.92. The fraction of sp³-hybridized carbons (Fsp3) is 0.467. The van der Waals surface area contributed by atoms with Gasteiger partial charge < -0.3 is 15.3 Å². The van der Waals surface area contributed by atoms with Gasteiger partial charge in [0.2, 0.25) is 0 Å². The number of carbonyl (C=O) groups is 2. The van der Waals surface area contributed by atoms with Crippen molar-refractivity contribution < 1.29 is 14.7 Å². The van der Waals surface area contributed by atoms with Gasteiger partial charge in [-0.25, -0.2) is 9.59 Å². The molecule has 1 aromatic carbocycles. The predicted molar refractivity (Wildman–Crippen MR) is 84.0 cm³/mol. The Balaban J connectivity index is 1.83. The number of hydrogen-bond acceptors (Lipinski definition) is 3. The molecule has 114 valence electrons. The van der Waals surface area contributed by atoms with Crippen molar-refractivity contribution in [2.75, 3.05) is 31.1 Å². The van der Waals surface area contributed by atoms with Crippen LogP contribution in [0.15, 0.2) is 24.3 Å². The van der Waals surface area contributed by atoms with E-state index in [0.717, 1.165) is 36.6 Å². The molecule has 0 atom stereocenters. The molecule has 5 nitrogen and oxygen atoms in total. The fourth-order valence-electron chi connectivity index (χ4n) is 2.31. The van der Waals surface area contributed by atoms with Crippen LogP contribution >= 0.6 is 11.8 Å². The summed E-state index contributed by atoms with van der Waals surface area (Å²) in [5.41, 5.74) is 1.05. The number of nitrogens with one attached hydrogen (secondary N) is 1. The summed E-state index contributed by atoms with van der Waals surface area (Å²) in [4.78, 5) is 25.0. The summed E-state index contributed by atoms with van der Waals surface area (Å²) in [6.45, 7) is 2.03. The minimum atomic E-state index is -0.929. The number of hydrogen-bond donors (Lipinski definition) is 2. The van der Waals surface area contributed by atoms with Crippen molar-refractivity contribution in [3.8, 4) is 0 Å². The third-order valence-corrected chi connectivity index (χ3v) is 4.48. The molecule has 2 amide bonds. The SMILES string of the molecule is O=C(O)c1ccccc1CCNC(=O)N1CCCSCC1. The van der Waals surface area contributed by atoms with Crippen molar-refractivity contribution in [1.29, 1.82) is 0 Å². The lowest BCUT2D eigenvalue weighted by Gasteiger charge is -2.20. The molecule has 6 heteroatoms. The third-order valence-electron chi connectivity index (χ3n) is 3.43. The van der Waals surface area contributed by atoms with Crippen LogP contribution < -0.4 is 5.32 Å². The van der Waals surface area contributed by atoms with E-state index in [9.17, 15) is 9.59 Å². The highest BCUT2D eigenvalue weighted by molar-refractivity contribution is 7.99. The van der Waals surface area contributed by atoms with Crippen LogP contribution in [0.4, 0.5) is 4.79 Å². The van der Waals surface area contributed by atoms with E-state index in [-0.39, 0.29) is 6.03 Å². The topological polar surface area (TPSA) is 69.6 Å². The average molecular weight is 308 g/mol. The molecule has 2 rings (SSSR count). The second-order valence-corrected chi connectivity index (χ2v) is 6.12. The Morgan fingerprint density at radius 2 is 2.05 bits per heavy atom. The molecule has 0 aromatic heterocycles. The lowest BCUT2D eigenvalue weighted by atomic mass is 10.0. The number of carbonyl (C=O) groups excluding carboxylic acids is 1. The van der Waals surface area contributed by atoms with Gasteiger partial charge in [0.15, 0.2) is 0 Å². The minimum Gasteiger partial charge on any atom is -0.478 e. The lowest BCUT2D eigenvalue weighted by Crippen LogP contribution is -2.41. The highest BCUT2D eigenvalue weighted by atomic mass is 32.2. The Hall–Kier alpha value is -1.69. The van der Waals surface area contributed by atoms with Gasteiger partial charge in [0.1, 0.15) is 0 Å². The van der Waals surface area contributed by atoms with Crippen LogP contribution in [0.1, 0.15) is 22.3 Å². The zero-order valence-electron chi connectivity index (χ0n) is 11.9. The molecule has 2 N–H and O–H groups in total. The largest absolute Gasteiger partial charge is 0.478 e. The number of carboxylic acid groups (broad SMARTS) is 1. The molecule has 1 aromatic rings. The first kappa shape index (κ1) is 15.7. The monoisotopic (exact) mass is 308 g/mol. The van der Waals surface area contributed by atoms with Gasteiger partial charge in [-0.1, -0.05) is 18.2 Å². The molecule has 0 saturated carbocycles. The Morgan fingerprint density at radius 3 is 2.86 bits per heavy atom. The number of rotatable bonds is 4.